The zero-order chi connectivity index (χ0) is 12.8. The van der Waals surface area contributed by atoms with E-state index < -0.39 is 0 Å². The molecule has 0 aliphatic rings. The van der Waals surface area contributed by atoms with Crippen LogP contribution < -0.4 is 4.74 Å². The molecule has 0 aliphatic heterocycles. The predicted molar refractivity (Wildman–Crippen MR) is 71.5 cm³/mol. The normalized spacial score (nSPS) is 9.78. The largest absolute Gasteiger partial charge is 0.493 e. The first kappa shape index (κ1) is 12.2. The molecule has 0 radical (unpaired) electrons. The summed E-state index contributed by atoms with van der Waals surface area (Å²) < 4.78 is 5.68. The lowest BCUT2D eigenvalue weighted by Gasteiger charge is -2.06. The molecule has 0 saturated heterocycles. The van der Waals surface area contributed by atoms with Gasteiger partial charge in [0, 0.05) is 6.42 Å². The van der Waals surface area contributed by atoms with Crippen LogP contribution in [0.15, 0.2) is 48.5 Å². The number of hydrogen-bond acceptors (Lipinski definition) is 2. The van der Waals surface area contributed by atoms with Crippen molar-refractivity contribution in [2.24, 2.45) is 0 Å². The molecule has 0 spiro atoms. The highest BCUT2D eigenvalue weighted by Gasteiger charge is 1.97. The molecule has 0 fully saturated rings. The quantitative estimate of drug-likeness (QED) is 0.815. The Bertz CT molecular complexity index is 552. The van der Waals surface area contributed by atoms with Crippen molar-refractivity contribution in [3.63, 3.8) is 0 Å². The van der Waals surface area contributed by atoms with Crippen LogP contribution >= 0.6 is 0 Å². The molecule has 2 aromatic rings. The average Bonchev–Trinajstić information content (AvgIpc) is 2.40. The number of aryl methyl sites for hydroxylation is 1. The van der Waals surface area contributed by atoms with Crippen LogP contribution in [0.5, 0.6) is 5.75 Å². The molecule has 90 valence electrons. The molecule has 0 atom stereocenters. The van der Waals surface area contributed by atoms with E-state index >= 15 is 0 Å². The van der Waals surface area contributed by atoms with Crippen molar-refractivity contribution in [3.8, 4) is 11.8 Å². The van der Waals surface area contributed by atoms with Gasteiger partial charge in [0.25, 0.3) is 0 Å². The lowest BCUT2D eigenvalue weighted by Crippen LogP contribution is -2.01. The minimum Gasteiger partial charge on any atom is -0.493 e. The first-order valence-electron chi connectivity index (χ1n) is 5.96. The lowest BCUT2D eigenvalue weighted by molar-refractivity contribution is 0.322. The van der Waals surface area contributed by atoms with Gasteiger partial charge in [0.15, 0.2) is 0 Å². The first-order valence-corrected chi connectivity index (χ1v) is 5.96. The summed E-state index contributed by atoms with van der Waals surface area (Å²) >= 11 is 0. The second-order valence-corrected chi connectivity index (χ2v) is 4.22. The zero-order valence-corrected chi connectivity index (χ0v) is 10.4. The van der Waals surface area contributed by atoms with Crippen molar-refractivity contribution in [1.82, 2.24) is 0 Å². The number of ether oxygens (including phenoxy) is 1. The lowest BCUT2D eigenvalue weighted by atomic mass is 10.1. The fourth-order valence-corrected chi connectivity index (χ4v) is 1.74. The van der Waals surface area contributed by atoms with Gasteiger partial charge in [-0.25, -0.2) is 0 Å². The molecule has 2 rings (SSSR count). The van der Waals surface area contributed by atoms with E-state index in [2.05, 4.69) is 6.07 Å². The highest BCUT2D eigenvalue weighted by Crippen LogP contribution is 2.13. The summed E-state index contributed by atoms with van der Waals surface area (Å²) in [5.41, 5.74) is 3.07. The molecule has 0 amide bonds. The van der Waals surface area contributed by atoms with E-state index in [1.165, 1.54) is 11.1 Å². The van der Waals surface area contributed by atoms with Crippen molar-refractivity contribution < 1.29 is 4.74 Å². The van der Waals surface area contributed by atoms with Gasteiger partial charge in [-0.05, 0) is 42.3 Å². The monoisotopic (exact) mass is 237 g/mol. The van der Waals surface area contributed by atoms with E-state index in [1.54, 1.807) is 0 Å². The Labute approximate surface area is 107 Å². The van der Waals surface area contributed by atoms with Crippen LogP contribution in [-0.2, 0) is 6.42 Å². The summed E-state index contributed by atoms with van der Waals surface area (Å²) in [6.07, 6.45) is 0.847. The summed E-state index contributed by atoms with van der Waals surface area (Å²) in [7, 11) is 0. The van der Waals surface area contributed by atoms with E-state index in [9.17, 15) is 0 Å². The fourth-order valence-electron chi connectivity index (χ4n) is 1.74. The summed E-state index contributed by atoms with van der Waals surface area (Å²) in [5, 5.41) is 8.70. The number of hydrogen-bond donors (Lipinski definition) is 0. The Morgan fingerprint density at radius 3 is 2.56 bits per heavy atom. The molecule has 0 aromatic heterocycles. The van der Waals surface area contributed by atoms with Gasteiger partial charge in [-0.3, -0.25) is 0 Å². The van der Waals surface area contributed by atoms with E-state index in [0.29, 0.717) is 12.2 Å². The Morgan fingerprint density at radius 2 is 1.89 bits per heavy atom. The van der Waals surface area contributed by atoms with E-state index in [1.807, 2.05) is 55.5 Å². The number of rotatable bonds is 4. The topological polar surface area (TPSA) is 33.0 Å². The van der Waals surface area contributed by atoms with Crippen LogP contribution in [0, 0.1) is 18.3 Å². The van der Waals surface area contributed by atoms with Gasteiger partial charge >= 0.3 is 0 Å². The van der Waals surface area contributed by atoms with Crippen LogP contribution in [0.2, 0.25) is 0 Å². The molecule has 18 heavy (non-hydrogen) atoms. The average molecular weight is 237 g/mol. The smallest absolute Gasteiger partial charge is 0.119 e. The maximum absolute atomic E-state index is 8.70. The second-order valence-electron chi connectivity index (χ2n) is 4.22. The standard InChI is InChI=1S/C16H15NO/c1-13-3-2-4-16(11-13)18-10-9-14-5-7-15(12-17)8-6-14/h2-8,11H,9-10H2,1H3. The van der Waals surface area contributed by atoms with E-state index in [0.717, 1.165) is 12.2 Å². The molecule has 2 nitrogen and oxygen atoms in total. The Hall–Kier alpha value is -2.27. The van der Waals surface area contributed by atoms with E-state index in [4.69, 9.17) is 10.00 Å². The molecule has 2 heteroatoms. The molecule has 0 bridgehead atoms. The van der Waals surface area contributed by atoms with Crippen LogP contribution in [0.4, 0.5) is 0 Å². The van der Waals surface area contributed by atoms with Crippen LogP contribution in [0.25, 0.3) is 0 Å². The SMILES string of the molecule is Cc1cccc(OCCc2ccc(C#N)cc2)c1. The Balaban J connectivity index is 1.86. The highest BCUT2D eigenvalue weighted by molar-refractivity contribution is 5.32. The van der Waals surface area contributed by atoms with E-state index in [-0.39, 0.29) is 0 Å². The summed E-state index contributed by atoms with van der Waals surface area (Å²) in [6, 6.07) is 17.8. The molecule has 0 heterocycles. The first-order chi connectivity index (χ1) is 8.78. The molecule has 0 N–H and O–H groups in total. The number of benzene rings is 2. The van der Waals surface area contributed by atoms with Crippen molar-refractivity contribution >= 4 is 0 Å². The molecule has 0 unspecified atom stereocenters. The Kier molecular flexibility index (Phi) is 3.98. The molecular formula is C16H15NO. The third-order valence-electron chi connectivity index (χ3n) is 2.73. The molecule has 2 aromatic carbocycles. The maximum atomic E-state index is 8.70. The number of nitriles is 1. The van der Waals surface area contributed by atoms with Crippen LogP contribution in [0.3, 0.4) is 0 Å². The fraction of sp³-hybridized carbons (Fsp3) is 0.188. The minimum atomic E-state index is 0.648. The van der Waals surface area contributed by atoms with Gasteiger partial charge in [-0.1, -0.05) is 24.3 Å². The zero-order valence-electron chi connectivity index (χ0n) is 10.4. The minimum absolute atomic E-state index is 0.648. The maximum Gasteiger partial charge on any atom is 0.119 e. The van der Waals surface area contributed by atoms with Gasteiger partial charge in [-0.15, -0.1) is 0 Å². The number of nitrogens with zero attached hydrogens (tertiary/aromatic N) is 1. The van der Waals surface area contributed by atoms with Crippen molar-refractivity contribution in [3.05, 3.63) is 65.2 Å². The molecular weight excluding hydrogens is 222 g/mol. The summed E-state index contributed by atoms with van der Waals surface area (Å²) in [4.78, 5) is 0. The van der Waals surface area contributed by atoms with Gasteiger partial charge in [0.1, 0.15) is 5.75 Å². The third kappa shape index (κ3) is 3.36. The summed E-state index contributed by atoms with van der Waals surface area (Å²) in [5.74, 6) is 0.906. The van der Waals surface area contributed by atoms with Crippen LogP contribution in [0.1, 0.15) is 16.7 Å². The predicted octanol–water partition coefficient (Wildman–Crippen LogP) is 3.49. The van der Waals surface area contributed by atoms with Crippen LogP contribution in [-0.4, -0.2) is 6.61 Å². The second kappa shape index (κ2) is 5.88. The van der Waals surface area contributed by atoms with Gasteiger partial charge in [0.05, 0.1) is 18.2 Å². The van der Waals surface area contributed by atoms with Gasteiger partial charge in [-0.2, -0.15) is 5.26 Å². The Morgan fingerprint density at radius 1 is 1.11 bits per heavy atom. The molecule has 0 saturated carbocycles. The van der Waals surface area contributed by atoms with Crippen molar-refractivity contribution in [2.45, 2.75) is 13.3 Å². The third-order valence-corrected chi connectivity index (χ3v) is 2.73. The highest BCUT2D eigenvalue weighted by atomic mass is 16.5. The summed E-state index contributed by atoms with van der Waals surface area (Å²) in [6.45, 7) is 2.70. The van der Waals surface area contributed by atoms with Gasteiger partial charge < -0.3 is 4.74 Å². The molecule has 0 aliphatic carbocycles. The van der Waals surface area contributed by atoms with Crippen molar-refractivity contribution in [2.75, 3.05) is 6.61 Å². The van der Waals surface area contributed by atoms with Crippen molar-refractivity contribution in [1.29, 1.82) is 5.26 Å². The van der Waals surface area contributed by atoms with Gasteiger partial charge in [0.2, 0.25) is 0 Å².